The van der Waals surface area contributed by atoms with Crippen LogP contribution in [0, 0.1) is 0 Å². The van der Waals surface area contributed by atoms with Crippen LogP contribution in [0.15, 0.2) is 24.3 Å². The molecule has 1 atom stereocenters. The lowest BCUT2D eigenvalue weighted by atomic mass is 10.1. The minimum Gasteiger partial charge on any atom is -0.478 e. The third-order valence-corrected chi connectivity index (χ3v) is 3.50. The second-order valence-corrected chi connectivity index (χ2v) is 5.01. The topological polar surface area (TPSA) is 57.6 Å². The summed E-state index contributed by atoms with van der Waals surface area (Å²) >= 11 is 0. The van der Waals surface area contributed by atoms with E-state index in [1.165, 1.54) is 17.0 Å². The van der Waals surface area contributed by atoms with Crippen molar-refractivity contribution in [2.24, 2.45) is 0 Å². The first-order chi connectivity index (χ1) is 9.31. The van der Waals surface area contributed by atoms with Gasteiger partial charge in [-0.1, -0.05) is 12.1 Å². The van der Waals surface area contributed by atoms with E-state index < -0.39 is 30.3 Å². The highest BCUT2D eigenvalue weighted by Gasteiger charge is 2.51. The zero-order valence-electron chi connectivity index (χ0n) is 11.0. The number of carbonyl (C=O) groups is 2. The zero-order chi connectivity index (χ0) is 14.9. The van der Waals surface area contributed by atoms with Gasteiger partial charge in [-0.2, -0.15) is 8.78 Å². The van der Waals surface area contributed by atoms with Crippen LogP contribution in [0.25, 0.3) is 0 Å². The van der Waals surface area contributed by atoms with Crippen LogP contribution in [-0.2, 0) is 11.2 Å². The molecule has 0 aromatic heterocycles. The van der Waals surface area contributed by atoms with Crippen molar-refractivity contribution in [3.63, 3.8) is 0 Å². The molecule has 0 radical (unpaired) electrons. The molecule has 1 amide bonds. The Kier molecular flexibility index (Phi) is 3.74. The first kappa shape index (κ1) is 14.4. The highest BCUT2D eigenvalue weighted by atomic mass is 19.3. The molecule has 20 heavy (non-hydrogen) atoms. The third-order valence-electron chi connectivity index (χ3n) is 3.50. The van der Waals surface area contributed by atoms with Gasteiger partial charge in [0.25, 0.3) is 5.91 Å². The Morgan fingerprint density at radius 3 is 2.45 bits per heavy atom. The molecular weight excluding hydrogens is 268 g/mol. The van der Waals surface area contributed by atoms with E-state index in [-0.39, 0.29) is 12.1 Å². The summed E-state index contributed by atoms with van der Waals surface area (Å²) in [6, 6.07) is 5.71. The molecule has 2 rings (SSSR count). The number of carboxylic acid groups (broad SMARTS) is 1. The second kappa shape index (κ2) is 5.19. The molecule has 1 unspecified atom stereocenters. The maximum absolute atomic E-state index is 13.2. The number of likely N-dealkylation sites (tertiary alicyclic amines) is 1. The van der Waals surface area contributed by atoms with Crippen molar-refractivity contribution >= 4 is 11.9 Å². The zero-order valence-corrected chi connectivity index (χ0v) is 11.0. The van der Waals surface area contributed by atoms with E-state index in [2.05, 4.69) is 0 Å². The van der Waals surface area contributed by atoms with Gasteiger partial charge in [0, 0.05) is 19.0 Å². The number of carbonyl (C=O) groups excluding carboxylic acids is 1. The number of amides is 1. The lowest BCUT2D eigenvalue weighted by Gasteiger charge is -2.20. The number of rotatable bonds is 4. The van der Waals surface area contributed by atoms with Gasteiger partial charge in [-0.3, -0.25) is 4.79 Å². The first-order valence-corrected chi connectivity index (χ1v) is 6.32. The molecule has 1 aromatic rings. The molecular formula is C14H15F2NO3. The van der Waals surface area contributed by atoms with Gasteiger partial charge < -0.3 is 10.0 Å². The number of halogens is 2. The molecule has 4 nitrogen and oxygen atoms in total. The molecule has 1 fully saturated rings. The average molecular weight is 283 g/mol. The Labute approximate surface area is 115 Å². The Morgan fingerprint density at radius 2 is 2.00 bits per heavy atom. The number of benzene rings is 1. The molecule has 1 heterocycles. The smallest absolute Gasteiger partial charge is 0.335 e. The van der Waals surface area contributed by atoms with Crippen LogP contribution in [0.4, 0.5) is 8.78 Å². The highest BCUT2D eigenvalue weighted by molar-refractivity contribution is 5.87. The molecule has 1 saturated heterocycles. The van der Waals surface area contributed by atoms with Gasteiger partial charge >= 0.3 is 11.9 Å². The fraction of sp³-hybridized carbons (Fsp3) is 0.429. The number of hydrogen-bond donors (Lipinski definition) is 1. The van der Waals surface area contributed by atoms with Gasteiger partial charge in [0.05, 0.1) is 5.56 Å². The molecule has 1 aliphatic heterocycles. The molecule has 0 bridgehead atoms. The predicted octanol–water partition coefficient (Wildman–Crippen LogP) is 2.18. The largest absolute Gasteiger partial charge is 0.478 e. The van der Waals surface area contributed by atoms with Crippen LogP contribution in [0.3, 0.4) is 0 Å². The van der Waals surface area contributed by atoms with Crippen molar-refractivity contribution in [3.8, 4) is 0 Å². The fourth-order valence-corrected chi connectivity index (χ4v) is 2.36. The van der Waals surface area contributed by atoms with Gasteiger partial charge in [-0.15, -0.1) is 0 Å². The van der Waals surface area contributed by atoms with E-state index in [9.17, 15) is 18.4 Å². The molecule has 0 aliphatic carbocycles. The SMILES string of the molecule is CC1CC(F)(F)C(=O)N1CCc1ccc(C(=O)O)cc1. The van der Waals surface area contributed by atoms with E-state index in [1.54, 1.807) is 19.1 Å². The van der Waals surface area contributed by atoms with Crippen molar-refractivity contribution < 1.29 is 23.5 Å². The predicted molar refractivity (Wildman–Crippen MR) is 67.8 cm³/mol. The molecule has 0 saturated carbocycles. The van der Waals surface area contributed by atoms with Crippen molar-refractivity contribution in [2.45, 2.75) is 31.7 Å². The van der Waals surface area contributed by atoms with E-state index >= 15 is 0 Å². The quantitative estimate of drug-likeness (QED) is 0.921. The van der Waals surface area contributed by atoms with Gasteiger partial charge in [0.15, 0.2) is 0 Å². The minimum absolute atomic E-state index is 0.172. The average Bonchev–Trinajstić information content (AvgIpc) is 2.57. The van der Waals surface area contributed by atoms with Crippen molar-refractivity contribution in [1.82, 2.24) is 4.90 Å². The van der Waals surface area contributed by atoms with Crippen molar-refractivity contribution in [3.05, 3.63) is 35.4 Å². The van der Waals surface area contributed by atoms with E-state index in [1.807, 2.05) is 0 Å². The monoisotopic (exact) mass is 283 g/mol. The van der Waals surface area contributed by atoms with Gasteiger partial charge in [-0.05, 0) is 31.0 Å². The number of carboxylic acids is 1. The third kappa shape index (κ3) is 2.79. The summed E-state index contributed by atoms with van der Waals surface area (Å²) in [5.41, 5.74) is 0.983. The summed E-state index contributed by atoms with van der Waals surface area (Å²) in [5, 5.41) is 8.77. The molecule has 1 aromatic carbocycles. The Hall–Kier alpha value is -1.98. The number of hydrogen-bond acceptors (Lipinski definition) is 2. The first-order valence-electron chi connectivity index (χ1n) is 6.32. The maximum Gasteiger partial charge on any atom is 0.335 e. The number of aromatic carboxylic acids is 1. The molecule has 6 heteroatoms. The summed E-state index contributed by atoms with van der Waals surface area (Å²) in [6.45, 7) is 1.81. The summed E-state index contributed by atoms with van der Waals surface area (Å²) < 4.78 is 26.5. The van der Waals surface area contributed by atoms with Crippen LogP contribution < -0.4 is 0 Å². The Bertz CT molecular complexity index is 528. The lowest BCUT2D eigenvalue weighted by Crippen LogP contribution is -2.37. The standard InChI is InChI=1S/C14H15F2NO3/c1-9-8-14(15,16)13(20)17(9)7-6-10-2-4-11(5-3-10)12(18)19/h2-5,9H,6-8H2,1H3,(H,18,19). The van der Waals surface area contributed by atoms with Crippen molar-refractivity contribution in [2.75, 3.05) is 6.54 Å². The van der Waals surface area contributed by atoms with Crippen molar-refractivity contribution in [1.29, 1.82) is 0 Å². The normalized spacial score (nSPS) is 21.2. The summed E-state index contributed by atoms with van der Waals surface area (Å²) in [6.07, 6.45) is -0.0180. The summed E-state index contributed by atoms with van der Waals surface area (Å²) in [4.78, 5) is 23.4. The lowest BCUT2D eigenvalue weighted by molar-refractivity contribution is -0.148. The Balaban J connectivity index is 1.99. The Morgan fingerprint density at radius 1 is 1.40 bits per heavy atom. The number of alkyl halides is 2. The fourth-order valence-electron chi connectivity index (χ4n) is 2.36. The van der Waals surface area contributed by atoms with Crippen LogP contribution in [0.2, 0.25) is 0 Å². The molecule has 1 aliphatic rings. The maximum atomic E-state index is 13.2. The van der Waals surface area contributed by atoms with E-state index in [0.29, 0.717) is 6.42 Å². The molecule has 0 spiro atoms. The summed E-state index contributed by atoms with van der Waals surface area (Å²) in [5.74, 6) is -5.39. The highest BCUT2D eigenvalue weighted by Crippen LogP contribution is 2.33. The second-order valence-electron chi connectivity index (χ2n) is 5.01. The minimum atomic E-state index is -3.26. The van der Waals surface area contributed by atoms with Crippen LogP contribution in [0.1, 0.15) is 29.3 Å². The van der Waals surface area contributed by atoms with Gasteiger partial charge in [0.1, 0.15) is 0 Å². The molecule has 108 valence electrons. The summed E-state index contributed by atoms with van der Waals surface area (Å²) in [7, 11) is 0. The van der Waals surface area contributed by atoms with Crippen LogP contribution >= 0.6 is 0 Å². The number of nitrogens with zero attached hydrogens (tertiary/aromatic N) is 1. The van der Waals surface area contributed by atoms with E-state index in [4.69, 9.17) is 5.11 Å². The van der Waals surface area contributed by atoms with Crippen LogP contribution in [-0.4, -0.2) is 40.4 Å². The van der Waals surface area contributed by atoms with Gasteiger partial charge in [0.2, 0.25) is 0 Å². The van der Waals surface area contributed by atoms with E-state index in [0.717, 1.165) is 5.56 Å². The van der Waals surface area contributed by atoms with Crippen LogP contribution in [0.5, 0.6) is 0 Å². The molecule has 1 N–H and O–H groups in total. The van der Waals surface area contributed by atoms with Gasteiger partial charge in [-0.25, -0.2) is 4.79 Å².